The second kappa shape index (κ2) is 7.79. The number of halogens is 2. The molecule has 138 valence electrons. The lowest BCUT2D eigenvalue weighted by Crippen LogP contribution is -2.54. The van der Waals surface area contributed by atoms with Crippen LogP contribution in [0, 0.1) is 17.0 Å². The Bertz CT molecular complexity index is 625. The minimum absolute atomic E-state index is 0.0592. The molecule has 0 aliphatic carbocycles. The number of hydrogen-bond donors (Lipinski definition) is 0. The van der Waals surface area contributed by atoms with Crippen molar-refractivity contribution in [3.05, 3.63) is 35.4 Å². The molecule has 2 saturated heterocycles. The van der Waals surface area contributed by atoms with Crippen molar-refractivity contribution in [2.75, 3.05) is 39.9 Å². The summed E-state index contributed by atoms with van der Waals surface area (Å²) in [5, 5.41) is 0. The summed E-state index contributed by atoms with van der Waals surface area (Å²) in [5.74, 6) is -1.35. The van der Waals surface area contributed by atoms with Crippen LogP contribution in [-0.2, 0) is 16.1 Å². The number of carbonyl (C=O) groups excluding carboxylic acids is 1. The second-order valence-electron chi connectivity index (χ2n) is 7.34. The molecule has 2 fully saturated rings. The highest BCUT2D eigenvalue weighted by molar-refractivity contribution is 5.77. The molecule has 0 bridgehead atoms. The number of benzene rings is 1. The number of nitrogens with zero attached hydrogens (tertiary/aromatic N) is 2. The van der Waals surface area contributed by atoms with Crippen molar-refractivity contribution < 1.29 is 18.3 Å². The number of hydrogen-bond acceptors (Lipinski definition) is 3. The zero-order valence-electron chi connectivity index (χ0n) is 14.8. The first-order valence-electron chi connectivity index (χ1n) is 8.95. The second-order valence-corrected chi connectivity index (χ2v) is 7.34. The summed E-state index contributed by atoms with van der Waals surface area (Å²) in [6.07, 6.45) is 3.53. The Morgan fingerprint density at radius 1 is 1.24 bits per heavy atom. The van der Waals surface area contributed by atoms with Crippen LogP contribution in [0.5, 0.6) is 0 Å². The molecule has 4 nitrogen and oxygen atoms in total. The highest BCUT2D eigenvalue weighted by Crippen LogP contribution is 2.39. The van der Waals surface area contributed by atoms with E-state index in [9.17, 15) is 13.6 Å². The van der Waals surface area contributed by atoms with Gasteiger partial charge in [0.25, 0.3) is 0 Å². The number of methoxy groups -OCH3 is 1. The molecule has 2 heterocycles. The summed E-state index contributed by atoms with van der Waals surface area (Å²) in [7, 11) is 1.64. The van der Waals surface area contributed by atoms with E-state index in [1.165, 1.54) is 0 Å². The van der Waals surface area contributed by atoms with Crippen molar-refractivity contribution in [3.8, 4) is 0 Å². The van der Waals surface area contributed by atoms with Gasteiger partial charge in [0.1, 0.15) is 0 Å². The molecule has 2 aliphatic heterocycles. The number of amides is 1. The van der Waals surface area contributed by atoms with Crippen molar-refractivity contribution >= 4 is 5.91 Å². The van der Waals surface area contributed by atoms with Gasteiger partial charge >= 0.3 is 0 Å². The van der Waals surface area contributed by atoms with E-state index in [4.69, 9.17) is 4.74 Å². The Balaban J connectivity index is 1.67. The lowest BCUT2D eigenvalue weighted by atomic mass is 9.73. The van der Waals surface area contributed by atoms with Crippen LogP contribution in [-0.4, -0.2) is 55.6 Å². The van der Waals surface area contributed by atoms with Crippen molar-refractivity contribution in [2.24, 2.45) is 5.41 Å². The highest BCUT2D eigenvalue weighted by atomic mass is 19.2. The predicted octanol–water partition coefficient (Wildman–Crippen LogP) is 2.82. The van der Waals surface area contributed by atoms with Gasteiger partial charge in [-0.05, 0) is 31.9 Å². The number of piperidine rings is 2. The van der Waals surface area contributed by atoms with Gasteiger partial charge < -0.3 is 9.64 Å². The minimum Gasteiger partial charge on any atom is -0.383 e. The molecule has 6 heteroatoms. The molecule has 1 atom stereocenters. The molecule has 0 unspecified atom stereocenters. The number of carbonyl (C=O) groups is 1. The van der Waals surface area contributed by atoms with Crippen LogP contribution in [0.2, 0.25) is 0 Å². The molecule has 1 amide bonds. The van der Waals surface area contributed by atoms with Crippen LogP contribution in [0.15, 0.2) is 18.2 Å². The van der Waals surface area contributed by atoms with Crippen LogP contribution >= 0.6 is 0 Å². The van der Waals surface area contributed by atoms with Crippen LogP contribution in [0.25, 0.3) is 0 Å². The largest absolute Gasteiger partial charge is 0.383 e. The zero-order chi connectivity index (χ0) is 17.9. The van der Waals surface area contributed by atoms with Gasteiger partial charge in [-0.1, -0.05) is 12.1 Å². The standard InChI is InChI=1S/C19H26F2N2O2/c1-25-11-10-23-14-19(8-6-17(23)24)7-3-9-22(13-19)12-15-4-2-5-16(20)18(15)21/h2,4-5H,3,6-14H2,1H3/t19-/m1/s1. The van der Waals surface area contributed by atoms with Crippen LogP contribution in [0.3, 0.4) is 0 Å². The highest BCUT2D eigenvalue weighted by Gasteiger charge is 2.41. The molecule has 1 spiro atoms. The average molecular weight is 352 g/mol. The van der Waals surface area contributed by atoms with Gasteiger partial charge in [0.05, 0.1) is 6.61 Å². The molecule has 25 heavy (non-hydrogen) atoms. The van der Waals surface area contributed by atoms with E-state index >= 15 is 0 Å². The van der Waals surface area contributed by atoms with Gasteiger partial charge in [0.15, 0.2) is 11.6 Å². The van der Waals surface area contributed by atoms with Crippen molar-refractivity contribution in [2.45, 2.75) is 32.2 Å². The third-order valence-corrected chi connectivity index (χ3v) is 5.48. The topological polar surface area (TPSA) is 32.8 Å². The van der Waals surface area contributed by atoms with Gasteiger partial charge in [-0.25, -0.2) is 8.78 Å². The van der Waals surface area contributed by atoms with Crippen molar-refractivity contribution in [1.29, 1.82) is 0 Å². The van der Waals surface area contributed by atoms with Gasteiger partial charge in [-0.2, -0.15) is 0 Å². The van der Waals surface area contributed by atoms with Crippen LogP contribution in [0.4, 0.5) is 8.78 Å². The van der Waals surface area contributed by atoms with E-state index < -0.39 is 11.6 Å². The first-order valence-corrected chi connectivity index (χ1v) is 8.95. The number of ether oxygens (including phenoxy) is 1. The first kappa shape index (κ1) is 18.3. The molecule has 0 N–H and O–H groups in total. The Morgan fingerprint density at radius 2 is 2.08 bits per heavy atom. The summed E-state index contributed by atoms with van der Waals surface area (Å²) in [6, 6.07) is 4.35. The molecule has 1 aromatic rings. The quantitative estimate of drug-likeness (QED) is 0.817. The number of rotatable bonds is 5. The molecule has 3 rings (SSSR count). The lowest BCUT2D eigenvalue weighted by molar-refractivity contribution is -0.140. The fraction of sp³-hybridized carbons (Fsp3) is 0.632. The summed E-state index contributed by atoms with van der Waals surface area (Å²) in [6.45, 7) is 4.01. The van der Waals surface area contributed by atoms with Crippen molar-refractivity contribution in [1.82, 2.24) is 9.80 Å². The molecule has 0 radical (unpaired) electrons. The van der Waals surface area contributed by atoms with Gasteiger partial charge in [0.2, 0.25) is 5.91 Å². The SMILES string of the molecule is COCCN1C[C@]2(CCCN(Cc3cccc(F)c3F)C2)CCC1=O. The minimum atomic E-state index is -0.793. The maximum Gasteiger partial charge on any atom is 0.222 e. The fourth-order valence-corrected chi connectivity index (χ4v) is 4.20. The molecule has 2 aliphatic rings. The molecule has 0 saturated carbocycles. The average Bonchev–Trinajstić information content (AvgIpc) is 2.60. The lowest BCUT2D eigenvalue weighted by Gasteiger charge is -2.48. The number of likely N-dealkylation sites (tertiary alicyclic amines) is 2. The van der Waals surface area contributed by atoms with E-state index in [0.29, 0.717) is 31.7 Å². The molecular formula is C19H26F2N2O2. The summed E-state index contributed by atoms with van der Waals surface area (Å²) >= 11 is 0. The zero-order valence-corrected chi connectivity index (χ0v) is 14.8. The van der Waals surface area contributed by atoms with Gasteiger partial charge in [0, 0.05) is 50.7 Å². The van der Waals surface area contributed by atoms with E-state index in [0.717, 1.165) is 45.0 Å². The first-order chi connectivity index (χ1) is 12.0. The van der Waals surface area contributed by atoms with E-state index in [1.54, 1.807) is 19.2 Å². The van der Waals surface area contributed by atoms with E-state index in [2.05, 4.69) is 4.90 Å². The van der Waals surface area contributed by atoms with Crippen LogP contribution in [0.1, 0.15) is 31.2 Å². The predicted molar refractivity (Wildman–Crippen MR) is 91.0 cm³/mol. The normalized spacial score (nSPS) is 24.9. The maximum absolute atomic E-state index is 14.0. The van der Waals surface area contributed by atoms with E-state index in [-0.39, 0.29) is 11.3 Å². The molecule has 1 aromatic carbocycles. The monoisotopic (exact) mass is 352 g/mol. The van der Waals surface area contributed by atoms with Crippen LogP contribution < -0.4 is 0 Å². The molecule has 0 aromatic heterocycles. The van der Waals surface area contributed by atoms with E-state index in [1.807, 2.05) is 4.90 Å². The third kappa shape index (κ3) is 4.18. The fourth-order valence-electron chi connectivity index (χ4n) is 4.20. The Hall–Kier alpha value is -1.53. The van der Waals surface area contributed by atoms with Gasteiger partial charge in [-0.3, -0.25) is 9.69 Å². The third-order valence-electron chi connectivity index (χ3n) is 5.48. The summed E-state index contributed by atoms with van der Waals surface area (Å²) < 4.78 is 32.5. The molecular weight excluding hydrogens is 326 g/mol. The summed E-state index contributed by atoms with van der Waals surface area (Å²) in [5.41, 5.74) is 0.462. The van der Waals surface area contributed by atoms with Gasteiger partial charge in [-0.15, -0.1) is 0 Å². The summed E-state index contributed by atoms with van der Waals surface area (Å²) in [4.78, 5) is 16.2. The Kier molecular flexibility index (Phi) is 5.69. The Labute approximate surface area is 147 Å². The maximum atomic E-state index is 14.0. The Morgan fingerprint density at radius 3 is 2.88 bits per heavy atom. The smallest absolute Gasteiger partial charge is 0.222 e. The van der Waals surface area contributed by atoms with Crippen molar-refractivity contribution in [3.63, 3.8) is 0 Å².